The van der Waals surface area contributed by atoms with E-state index in [-0.39, 0.29) is 0 Å². The first-order chi connectivity index (χ1) is 7.24. The van der Waals surface area contributed by atoms with Crippen molar-refractivity contribution >= 4 is 0 Å². The summed E-state index contributed by atoms with van der Waals surface area (Å²) in [5.41, 5.74) is 0.838. The maximum atomic E-state index is 12.8. The highest BCUT2D eigenvalue weighted by molar-refractivity contribution is 5.16. The van der Waals surface area contributed by atoms with Gasteiger partial charge in [-0.15, -0.1) is 0 Å². The van der Waals surface area contributed by atoms with E-state index in [0.717, 1.165) is 24.8 Å². The van der Waals surface area contributed by atoms with Crippen molar-refractivity contribution in [3.05, 3.63) is 35.4 Å². The van der Waals surface area contributed by atoms with Gasteiger partial charge in [0.05, 0.1) is 0 Å². The van der Waals surface area contributed by atoms with Crippen molar-refractivity contribution in [2.45, 2.75) is 45.4 Å². The van der Waals surface area contributed by atoms with Crippen LogP contribution in [-0.4, -0.2) is 0 Å². The molecule has 0 spiro atoms. The van der Waals surface area contributed by atoms with Crippen LogP contribution in [0.15, 0.2) is 12.1 Å². The van der Waals surface area contributed by atoms with Crippen LogP contribution in [0.25, 0.3) is 0 Å². The van der Waals surface area contributed by atoms with Crippen molar-refractivity contribution in [2.75, 3.05) is 0 Å². The third-order valence-corrected chi connectivity index (χ3v) is 2.48. The second-order valence-corrected chi connectivity index (χ2v) is 3.83. The molecule has 1 radical (unpaired) electrons. The van der Waals surface area contributed by atoms with Crippen molar-refractivity contribution in [2.24, 2.45) is 0 Å². The van der Waals surface area contributed by atoms with Gasteiger partial charge in [-0.3, -0.25) is 0 Å². The highest BCUT2D eigenvalue weighted by atomic mass is 19.2. The maximum Gasteiger partial charge on any atom is 0.166 e. The molecule has 0 aliphatic carbocycles. The Bertz CT molecular complexity index is 295. The van der Waals surface area contributed by atoms with E-state index in [4.69, 9.17) is 0 Å². The Kier molecular flexibility index (Phi) is 5.30. The molecule has 0 saturated carbocycles. The van der Waals surface area contributed by atoms with E-state index in [9.17, 15) is 8.78 Å². The third kappa shape index (κ3) is 4.41. The lowest BCUT2D eigenvalue weighted by Crippen LogP contribution is -1.90. The van der Waals surface area contributed by atoms with Crippen LogP contribution in [0.1, 0.15) is 44.6 Å². The molecule has 83 valence electrons. The van der Waals surface area contributed by atoms with Crippen molar-refractivity contribution in [3.8, 4) is 0 Å². The predicted octanol–water partition coefficient (Wildman–Crippen LogP) is 4.28. The van der Waals surface area contributed by atoms with Crippen LogP contribution in [0.3, 0.4) is 0 Å². The molecule has 0 saturated heterocycles. The molecule has 2 heteroatoms. The van der Waals surface area contributed by atoms with E-state index in [0.29, 0.717) is 0 Å². The molecule has 0 fully saturated rings. The van der Waals surface area contributed by atoms with Crippen molar-refractivity contribution in [3.63, 3.8) is 0 Å². The zero-order chi connectivity index (χ0) is 11.1. The lowest BCUT2D eigenvalue weighted by atomic mass is 10.1. The Balaban J connectivity index is 2.28. The molecule has 0 aliphatic rings. The molecular weight excluding hydrogens is 194 g/mol. The quantitative estimate of drug-likeness (QED) is 0.616. The van der Waals surface area contributed by atoms with E-state index in [1.165, 1.54) is 31.4 Å². The lowest BCUT2D eigenvalue weighted by molar-refractivity contribution is 0.505. The summed E-state index contributed by atoms with van der Waals surface area (Å²) in [5.74, 6) is -1.68. The average molecular weight is 211 g/mol. The molecule has 0 aromatic heterocycles. The maximum absolute atomic E-state index is 12.8. The fraction of sp³-hybridized carbons (Fsp3) is 0.538. The van der Waals surface area contributed by atoms with Crippen molar-refractivity contribution < 1.29 is 8.78 Å². The summed E-state index contributed by atoms with van der Waals surface area (Å²) in [7, 11) is 0. The fourth-order valence-electron chi connectivity index (χ4n) is 1.57. The van der Waals surface area contributed by atoms with Gasteiger partial charge in [0.25, 0.3) is 0 Å². The van der Waals surface area contributed by atoms with Crippen LogP contribution in [0.5, 0.6) is 0 Å². The van der Waals surface area contributed by atoms with Crippen LogP contribution in [0, 0.1) is 17.7 Å². The van der Waals surface area contributed by atoms with Gasteiger partial charge in [-0.1, -0.05) is 32.6 Å². The Morgan fingerprint density at radius 1 is 1.13 bits per heavy atom. The topological polar surface area (TPSA) is 0 Å². The van der Waals surface area contributed by atoms with Gasteiger partial charge < -0.3 is 0 Å². The number of benzene rings is 1. The van der Waals surface area contributed by atoms with Gasteiger partial charge in [-0.25, -0.2) is 8.78 Å². The average Bonchev–Trinajstić information content (AvgIpc) is 2.23. The highest BCUT2D eigenvalue weighted by Gasteiger charge is 2.02. The molecule has 0 aliphatic heterocycles. The van der Waals surface area contributed by atoms with E-state index in [1.807, 2.05) is 0 Å². The molecule has 1 aromatic carbocycles. The fourth-order valence-corrected chi connectivity index (χ4v) is 1.57. The van der Waals surface area contributed by atoms with Gasteiger partial charge in [0.2, 0.25) is 0 Å². The molecule has 0 bridgehead atoms. The SMILES string of the molecule is CCCCCCCc1c[c]c(F)c(F)c1. The monoisotopic (exact) mass is 211 g/mol. The number of unbranched alkanes of at least 4 members (excludes halogenated alkanes) is 4. The van der Waals surface area contributed by atoms with Crippen LogP contribution >= 0.6 is 0 Å². The van der Waals surface area contributed by atoms with E-state index in [2.05, 4.69) is 13.0 Å². The van der Waals surface area contributed by atoms with E-state index < -0.39 is 11.6 Å². The van der Waals surface area contributed by atoms with Gasteiger partial charge in [0, 0.05) is 6.07 Å². The molecule has 1 rings (SSSR count). The minimum Gasteiger partial charge on any atom is -0.204 e. The van der Waals surface area contributed by atoms with Crippen LogP contribution in [0.4, 0.5) is 8.78 Å². The first-order valence-electron chi connectivity index (χ1n) is 5.59. The molecule has 0 nitrogen and oxygen atoms in total. The molecule has 0 amide bonds. The van der Waals surface area contributed by atoms with Gasteiger partial charge in [-0.2, -0.15) is 0 Å². The van der Waals surface area contributed by atoms with E-state index >= 15 is 0 Å². The smallest absolute Gasteiger partial charge is 0.166 e. The largest absolute Gasteiger partial charge is 0.204 e. The van der Waals surface area contributed by atoms with Gasteiger partial charge in [0.15, 0.2) is 11.6 Å². The summed E-state index contributed by atoms with van der Waals surface area (Å²) in [5, 5.41) is 0. The summed E-state index contributed by atoms with van der Waals surface area (Å²) >= 11 is 0. The van der Waals surface area contributed by atoms with E-state index in [1.54, 1.807) is 0 Å². The van der Waals surface area contributed by atoms with Crippen LogP contribution < -0.4 is 0 Å². The van der Waals surface area contributed by atoms with Gasteiger partial charge in [0.1, 0.15) is 0 Å². The molecule has 15 heavy (non-hydrogen) atoms. The second-order valence-electron chi connectivity index (χ2n) is 3.83. The molecule has 0 N–H and O–H groups in total. The second kappa shape index (κ2) is 6.54. The third-order valence-electron chi connectivity index (χ3n) is 2.48. The Hall–Kier alpha value is -0.920. The van der Waals surface area contributed by atoms with Crippen LogP contribution in [-0.2, 0) is 6.42 Å². The number of rotatable bonds is 6. The Labute approximate surface area is 90.3 Å². The summed E-state index contributed by atoms with van der Waals surface area (Å²) < 4.78 is 25.4. The molecule has 0 heterocycles. The summed E-state index contributed by atoms with van der Waals surface area (Å²) in [6.45, 7) is 2.17. The lowest BCUT2D eigenvalue weighted by Gasteiger charge is -2.01. The highest BCUT2D eigenvalue weighted by Crippen LogP contribution is 2.12. The first kappa shape index (κ1) is 12.2. The zero-order valence-corrected chi connectivity index (χ0v) is 9.15. The summed E-state index contributed by atoms with van der Waals surface area (Å²) in [6, 6.07) is 5.09. The normalized spacial score (nSPS) is 10.6. The number of hydrogen-bond acceptors (Lipinski definition) is 0. The Morgan fingerprint density at radius 3 is 2.53 bits per heavy atom. The molecule has 0 atom stereocenters. The van der Waals surface area contributed by atoms with Crippen molar-refractivity contribution in [1.82, 2.24) is 0 Å². The zero-order valence-electron chi connectivity index (χ0n) is 9.15. The Morgan fingerprint density at radius 2 is 1.87 bits per heavy atom. The minimum absolute atomic E-state index is 0.791. The molecule has 0 unspecified atom stereocenters. The van der Waals surface area contributed by atoms with Gasteiger partial charge in [-0.05, 0) is 30.5 Å². The number of aryl methyl sites for hydroxylation is 1. The number of hydrogen-bond donors (Lipinski definition) is 0. The van der Waals surface area contributed by atoms with Crippen molar-refractivity contribution in [1.29, 1.82) is 0 Å². The van der Waals surface area contributed by atoms with Crippen LogP contribution in [0.2, 0.25) is 0 Å². The predicted molar refractivity (Wildman–Crippen MR) is 57.7 cm³/mol. The molecular formula is C13H17F2. The standard InChI is InChI=1S/C13H17F2/c1-2-3-4-5-6-7-11-8-9-12(14)13(15)10-11/h8,10H,2-7H2,1H3. The summed E-state index contributed by atoms with van der Waals surface area (Å²) in [6.07, 6.45) is 6.72. The molecule has 1 aromatic rings. The summed E-state index contributed by atoms with van der Waals surface area (Å²) in [4.78, 5) is 0. The number of halogens is 2. The van der Waals surface area contributed by atoms with Gasteiger partial charge >= 0.3 is 0 Å². The first-order valence-corrected chi connectivity index (χ1v) is 5.59. The minimum atomic E-state index is -0.885.